The van der Waals surface area contributed by atoms with Gasteiger partial charge in [0.25, 0.3) is 0 Å². The van der Waals surface area contributed by atoms with Crippen LogP contribution >= 0.6 is 7.34 Å². The average molecular weight is 362 g/mol. The van der Waals surface area contributed by atoms with Crippen molar-refractivity contribution in [1.29, 1.82) is 0 Å². The maximum absolute atomic E-state index is 12.6. The summed E-state index contributed by atoms with van der Waals surface area (Å²) in [5, 5.41) is 19.9. The summed E-state index contributed by atoms with van der Waals surface area (Å²) in [4.78, 5) is 31.3. The Balaban J connectivity index is 2.23. The van der Waals surface area contributed by atoms with Gasteiger partial charge in [0.1, 0.15) is 29.8 Å². The molecule has 0 bridgehead atoms. The van der Waals surface area contributed by atoms with Crippen LogP contribution in [0.2, 0.25) is 0 Å². The van der Waals surface area contributed by atoms with Crippen molar-refractivity contribution in [2.75, 3.05) is 6.35 Å². The number of hydrogen-bond donors (Lipinski definition) is 4. The molecule has 2 aromatic carbocycles. The van der Waals surface area contributed by atoms with Crippen molar-refractivity contribution in [2.45, 2.75) is 0 Å². The van der Waals surface area contributed by atoms with Crippen LogP contribution in [0.25, 0.3) is 22.3 Å². The van der Waals surface area contributed by atoms with Gasteiger partial charge < -0.3 is 29.2 Å². The molecule has 0 radical (unpaired) electrons. The van der Waals surface area contributed by atoms with Crippen LogP contribution in [0.4, 0.5) is 0 Å². The summed E-state index contributed by atoms with van der Waals surface area (Å²) in [5.41, 5.74) is -0.294. The molecule has 1 heterocycles. The zero-order chi connectivity index (χ0) is 18.2. The Morgan fingerprint density at radius 1 is 1.12 bits per heavy atom. The van der Waals surface area contributed by atoms with Gasteiger partial charge in [-0.1, -0.05) is 30.3 Å². The SMILES string of the molecule is C=P(O)(O)COc1cc(O)cc2oc(-c3ccccc3)c(O)c(=O)c12. The molecule has 0 aliphatic heterocycles. The maximum Gasteiger partial charge on any atom is 0.238 e. The van der Waals surface area contributed by atoms with E-state index < -0.39 is 24.9 Å². The van der Waals surface area contributed by atoms with Crippen molar-refractivity contribution < 1.29 is 29.2 Å². The maximum atomic E-state index is 12.6. The lowest BCUT2D eigenvalue weighted by molar-refractivity contribution is 0.345. The Bertz CT molecular complexity index is 1030. The van der Waals surface area contributed by atoms with Gasteiger partial charge in [-0.05, 0) is 6.30 Å². The quantitative estimate of drug-likeness (QED) is 0.526. The molecule has 0 amide bonds. The number of ether oxygens (including phenoxy) is 1. The summed E-state index contributed by atoms with van der Waals surface area (Å²) in [6.07, 6.45) is 2.62. The van der Waals surface area contributed by atoms with E-state index in [2.05, 4.69) is 6.30 Å². The predicted octanol–water partition coefficient (Wildman–Crippen LogP) is 2.47. The molecule has 3 rings (SSSR count). The lowest BCUT2D eigenvalue weighted by atomic mass is 10.1. The zero-order valence-electron chi connectivity index (χ0n) is 12.9. The lowest BCUT2D eigenvalue weighted by Gasteiger charge is -2.14. The van der Waals surface area contributed by atoms with Crippen LogP contribution in [0.5, 0.6) is 17.2 Å². The summed E-state index contributed by atoms with van der Waals surface area (Å²) in [6.45, 7) is 0. The van der Waals surface area contributed by atoms with Crippen LogP contribution in [0.1, 0.15) is 0 Å². The van der Waals surface area contributed by atoms with Crippen LogP contribution in [-0.4, -0.2) is 32.6 Å². The molecule has 3 aromatic rings. The van der Waals surface area contributed by atoms with Gasteiger partial charge >= 0.3 is 0 Å². The number of fused-ring (bicyclic) bond motifs is 1. The minimum absolute atomic E-state index is 0.0134. The molecule has 25 heavy (non-hydrogen) atoms. The van der Waals surface area contributed by atoms with Gasteiger partial charge in [-0.15, -0.1) is 0 Å². The molecule has 130 valence electrons. The summed E-state index contributed by atoms with van der Waals surface area (Å²) in [7, 11) is -3.51. The second kappa shape index (κ2) is 6.29. The van der Waals surface area contributed by atoms with E-state index in [-0.39, 0.29) is 28.2 Å². The molecule has 0 saturated heterocycles. The molecule has 0 atom stereocenters. The van der Waals surface area contributed by atoms with Crippen LogP contribution < -0.4 is 10.2 Å². The molecule has 0 aliphatic carbocycles. The van der Waals surface area contributed by atoms with E-state index >= 15 is 0 Å². The Morgan fingerprint density at radius 3 is 2.44 bits per heavy atom. The van der Waals surface area contributed by atoms with Crippen molar-refractivity contribution in [2.24, 2.45) is 0 Å². The van der Waals surface area contributed by atoms with E-state index in [0.717, 1.165) is 6.07 Å². The first-order valence-electron chi connectivity index (χ1n) is 7.15. The Hall–Kier alpha value is -2.73. The van der Waals surface area contributed by atoms with Gasteiger partial charge in [0, 0.05) is 17.7 Å². The first kappa shape index (κ1) is 17.1. The van der Waals surface area contributed by atoms with Gasteiger partial charge in [0.2, 0.25) is 11.2 Å². The zero-order valence-corrected chi connectivity index (χ0v) is 13.8. The van der Waals surface area contributed by atoms with Crippen molar-refractivity contribution >= 4 is 24.6 Å². The highest BCUT2D eigenvalue weighted by Gasteiger charge is 2.20. The molecule has 0 unspecified atom stereocenters. The van der Waals surface area contributed by atoms with Crippen molar-refractivity contribution in [3.05, 3.63) is 52.7 Å². The monoisotopic (exact) mass is 362 g/mol. The second-order valence-corrected chi connectivity index (χ2v) is 7.46. The van der Waals surface area contributed by atoms with Gasteiger partial charge in [0.05, 0.1) is 0 Å². The number of phenolic OH excluding ortho intramolecular Hbond substituents is 1. The topological polar surface area (TPSA) is 120 Å². The van der Waals surface area contributed by atoms with Crippen LogP contribution in [0.3, 0.4) is 0 Å². The standard InChI is InChI=1S/C17H15O7P/c1-25(21,22)9-23-12-7-11(18)8-13-14(12)15(19)16(20)17(24-13)10-5-3-2-4-6-10/h2-8,18,20-22H,1,9H2. The highest BCUT2D eigenvalue weighted by molar-refractivity contribution is 7.62. The van der Waals surface area contributed by atoms with E-state index in [9.17, 15) is 24.8 Å². The average Bonchev–Trinajstić information content (AvgIpc) is 2.55. The van der Waals surface area contributed by atoms with E-state index in [1.807, 2.05) is 0 Å². The molecule has 0 saturated carbocycles. The minimum Gasteiger partial charge on any atom is -0.508 e. The molecule has 4 N–H and O–H groups in total. The van der Waals surface area contributed by atoms with E-state index in [0.29, 0.717) is 5.56 Å². The molecular weight excluding hydrogens is 347 g/mol. The number of hydrogen-bond acceptors (Lipinski definition) is 7. The highest BCUT2D eigenvalue weighted by atomic mass is 31.2. The molecule has 0 fully saturated rings. The van der Waals surface area contributed by atoms with Gasteiger partial charge in [-0.3, -0.25) is 4.79 Å². The smallest absolute Gasteiger partial charge is 0.238 e. The molecule has 1 aromatic heterocycles. The molecule has 7 nitrogen and oxygen atoms in total. The van der Waals surface area contributed by atoms with Crippen LogP contribution in [0, 0.1) is 0 Å². The summed E-state index contributed by atoms with van der Waals surface area (Å²) in [5.74, 6) is -1.05. The summed E-state index contributed by atoms with van der Waals surface area (Å²) < 4.78 is 10.8. The number of aromatic hydroxyl groups is 2. The first-order chi connectivity index (χ1) is 11.8. The second-order valence-electron chi connectivity index (χ2n) is 5.44. The summed E-state index contributed by atoms with van der Waals surface area (Å²) in [6, 6.07) is 10.9. The highest BCUT2D eigenvalue weighted by Crippen LogP contribution is 2.38. The van der Waals surface area contributed by atoms with E-state index in [4.69, 9.17) is 9.15 Å². The lowest BCUT2D eigenvalue weighted by Crippen LogP contribution is -2.07. The Kier molecular flexibility index (Phi) is 4.30. The van der Waals surface area contributed by atoms with Crippen molar-refractivity contribution in [3.8, 4) is 28.6 Å². The van der Waals surface area contributed by atoms with Crippen molar-refractivity contribution in [3.63, 3.8) is 0 Å². The largest absolute Gasteiger partial charge is 0.508 e. The number of phenols is 1. The fraction of sp³-hybridized carbons (Fsp3) is 0.0588. The Labute approximate surface area is 142 Å². The third-order valence-corrected chi connectivity index (χ3v) is 3.93. The number of benzene rings is 2. The minimum atomic E-state index is -3.51. The normalized spacial score (nSPS) is 11.6. The first-order valence-corrected chi connectivity index (χ1v) is 9.22. The predicted molar refractivity (Wildman–Crippen MR) is 95.2 cm³/mol. The third-order valence-electron chi connectivity index (χ3n) is 3.38. The Morgan fingerprint density at radius 2 is 1.80 bits per heavy atom. The molecule has 0 aliphatic rings. The summed E-state index contributed by atoms with van der Waals surface area (Å²) >= 11 is 0. The molecule has 0 spiro atoms. The molecular formula is C17H15O7P. The van der Waals surface area contributed by atoms with E-state index in [1.54, 1.807) is 30.3 Å². The van der Waals surface area contributed by atoms with Gasteiger partial charge in [0.15, 0.2) is 12.1 Å². The fourth-order valence-electron chi connectivity index (χ4n) is 2.33. The van der Waals surface area contributed by atoms with Crippen LogP contribution in [-0.2, 0) is 0 Å². The van der Waals surface area contributed by atoms with Crippen molar-refractivity contribution in [1.82, 2.24) is 0 Å². The van der Waals surface area contributed by atoms with Gasteiger partial charge in [-0.2, -0.15) is 0 Å². The third kappa shape index (κ3) is 3.53. The van der Waals surface area contributed by atoms with Crippen LogP contribution in [0.15, 0.2) is 51.7 Å². The fourth-order valence-corrected chi connectivity index (χ4v) is 2.68. The molecule has 8 heteroatoms. The number of rotatable bonds is 4. The van der Waals surface area contributed by atoms with E-state index in [1.165, 1.54) is 6.07 Å². The van der Waals surface area contributed by atoms with Gasteiger partial charge in [-0.25, -0.2) is 0 Å².